The van der Waals surface area contributed by atoms with E-state index in [1.165, 1.54) is 0 Å². The topological polar surface area (TPSA) is 125 Å². The van der Waals surface area contributed by atoms with Crippen molar-refractivity contribution in [3.05, 3.63) is 150 Å². The molecule has 0 N–H and O–H groups in total. The zero-order chi connectivity index (χ0) is 30.1. The number of benzene rings is 1. The second-order valence-corrected chi connectivity index (χ2v) is 9.53. The molecule has 0 unspecified atom stereocenters. The molecule has 1 aliphatic heterocycles. The molecule has 0 spiro atoms. The van der Waals surface area contributed by atoms with E-state index in [-0.39, 0.29) is 45.3 Å². The van der Waals surface area contributed by atoms with Crippen molar-refractivity contribution in [2.45, 2.75) is 19.8 Å². The number of nitrogens with zero attached hydrogens (tertiary/aromatic N) is 4. The Morgan fingerprint density at radius 2 is 1.30 bits per heavy atom. The van der Waals surface area contributed by atoms with Crippen LogP contribution in [-0.2, 0) is 17.1 Å². The molecule has 4 aliphatic rings. The summed E-state index contributed by atoms with van der Waals surface area (Å²) >= 11 is 0. The van der Waals surface area contributed by atoms with Gasteiger partial charge in [-0.05, 0) is 92.2 Å². The smallest absolute Gasteiger partial charge is 0.422 e. The molecule has 0 bridgehead atoms. The maximum Gasteiger partial charge on any atom is 2.00 e. The first-order chi connectivity index (χ1) is 20.4. The van der Waals surface area contributed by atoms with Gasteiger partial charge in [-0.1, -0.05) is 50.2 Å². The van der Waals surface area contributed by atoms with E-state index in [9.17, 15) is 25.8 Å². The first kappa shape index (κ1) is 33.1. The van der Waals surface area contributed by atoms with Crippen molar-refractivity contribution in [1.82, 2.24) is 0 Å². The normalized spacial score (nSPS) is 13.8. The SMILES string of the molecule is CC(C)c1cccc2oc(=O)c(C(=C(C#N)C#N)C([C]3[CH][CH][CH][CH]3)=c3ccc(=C(C#N)C#N)cc3)c-2c1.[CH]1[CH][CH][CH][CH]1.[Fe+2]. The van der Waals surface area contributed by atoms with E-state index >= 15 is 0 Å². The standard InChI is InChI=1S/C31H19N4O2.C5H5.Fe/c1-19(2)23-8-5-9-27-26(14-23)30(31(36)37-27)29(25(17-34)18-35)28(21-6-3-4-7-21)22-12-10-20(11-13-22)24(15-32)16-33;1-2-4-5-3-1;/h3-14,19H,1-2H3;1-5H;/q;;+2. The Bertz CT molecular complexity index is 1750. The number of fused-ring (bicyclic) bond motifs is 1. The van der Waals surface area contributed by atoms with Crippen LogP contribution in [0.3, 0.4) is 0 Å². The molecular formula is C36H24FeN4O2+2. The summed E-state index contributed by atoms with van der Waals surface area (Å²) in [5.41, 5.74) is 1.32. The minimum atomic E-state index is -0.654. The number of allylic oxidation sites excluding steroid dienone is 2. The maximum atomic E-state index is 13.3. The molecule has 1 heterocycles. The molecule has 3 aliphatic carbocycles. The van der Waals surface area contributed by atoms with Gasteiger partial charge in [-0.3, -0.25) is 0 Å². The summed E-state index contributed by atoms with van der Waals surface area (Å²) in [6.07, 6.45) is 17.3. The van der Waals surface area contributed by atoms with E-state index < -0.39 is 5.63 Å². The van der Waals surface area contributed by atoms with Gasteiger partial charge in [0.2, 0.25) is 0 Å². The summed E-state index contributed by atoms with van der Waals surface area (Å²) in [6, 6.07) is 21.6. The molecule has 43 heavy (non-hydrogen) atoms. The third-order valence-electron chi connectivity index (χ3n) is 6.62. The van der Waals surface area contributed by atoms with Crippen molar-refractivity contribution in [1.29, 1.82) is 21.0 Å². The molecule has 0 amide bonds. The second-order valence-electron chi connectivity index (χ2n) is 9.53. The Kier molecular flexibility index (Phi) is 12.1. The van der Waals surface area contributed by atoms with E-state index in [0.29, 0.717) is 33.3 Å². The molecule has 5 rings (SSSR count). The average molecular weight is 600 g/mol. The summed E-state index contributed by atoms with van der Waals surface area (Å²) in [7, 11) is 0. The predicted octanol–water partition coefficient (Wildman–Crippen LogP) is 5.14. The molecule has 0 saturated heterocycles. The number of rotatable bonds is 4. The van der Waals surface area contributed by atoms with E-state index in [1.807, 2.05) is 114 Å². The van der Waals surface area contributed by atoms with Crippen LogP contribution in [0.2, 0.25) is 0 Å². The van der Waals surface area contributed by atoms with Crippen molar-refractivity contribution in [2.75, 3.05) is 0 Å². The summed E-state index contributed by atoms with van der Waals surface area (Å²) in [5, 5.41) is 39.4. The summed E-state index contributed by atoms with van der Waals surface area (Å²) < 4.78 is 5.60. The Hall–Kier alpha value is -4.39. The zero-order valence-corrected chi connectivity index (χ0v) is 24.5. The molecule has 10 radical (unpaired) electrons. The zero-order valence-electron chi connectivity index (χ0n) is 23.4. The van der Waals surface area contributed by atoms with E-state index in [4.69, 9.17) is 4.42 Å². The Morgan fingerprint density at radius 1 is 0.744 bits per heavy atom. The van der Waals surface area contributed by atoms with Gasteiger partial charge in [0.15, 0.2) is 0 Å². The summed E-state index contributed by atoms with van der Waals surface area (Å²) in [5.74, 6) is 1.19. The molecule has 2 saturated carbocycles. The number of hydrogen-bond donors (Lipinski definition) is 0. The van der Waals surface area contributed by atoms with Gasteiger partial charge in [-0.25, -0.2) is 4.79 Å². The molecule has 7 heteroatoms. The number of hydrogen-bond acceptors (Lipinski definition) is 6. The molecule has 206 valence electrons. The number of nitriles is 4. The Morgan fingerprint density at radius 3 is 1.81 bits per heavy atom. The fraction of sp³-hybridized carbons (Fsp3) is 0.0833. The van der Waals surface area contributed by atoms with Crippen LogP contribution < -0.4 is 16.1 Å². The fourth-order valence-corrected chi connectivity index (χ4v) is 4.55. The molecule has 2 fully saturated rings. The average Bonchev–Trinajstić information content (AvgIpc) is 3.77. The van der Waals surface area contributed by atoms with Crippen LogP contribution in [0.5, 0.6) is 0 Å². The van der Waals surface area contributed by atoms with Gasteiger partial charge in [0, 0.05) is 22.3 Å². The number of furan rings is 1. The largest absolute Gasteiger partial charge is 2.00 e. The van der Waals surface area contributed by atoms with Gasteiger partial charge in [-0.2, -0.15) is 21.0 Å². The minimum Gasteiger partial charge on any atom is -0.422 e. The van der Waals surface area contributed by atoms with Crippen LogP contribution >= 0.6 is 0 Å². The maximum absolute atomic E-state index is 13.3. The van der Waals surface area contributed by atoms with E-state index in [0.717, 1.165) is 5.56 Å². The second kappa shape index (κ2) is 15.7. The molecule has 6 nitrogen and oxygen atoms in total. The Labute approximate surface area is 263 Å². The van der Waals surface area contributed by atoms with Crippen molar-refractivity contribution in [3.8, 4) is 35.6 Å². The van der Waals surface area contributed by atoms with Crippen molar-refractivity contribution in [3.63, 3.8) is 0 Å². The summed E-state index contributed by atoms with van der Waals surface area (Å²) in [6.45, 7) is 4.06. The third kappa shape index (κ3) is 7.52. The molecule has 0 atom stereocenters. The summed E-state index contributed by atoms with van der Waals surface area (Å²) in [4.78, 5) is 13.3. The predicted molar refractivity (Wildman–Crippen MR) is 160 cm³/mol. The van der Waals surface area contributed by atoms with Crippen LogP contribution in [0.4, 0.5) is 0 Å². The first-order valence-electron chi connectivity index (χ1n) is 13.1. The van der Waals surface area contributed by atoms with Crippen LogP contribution in [0.1, 0.15) is 30.9 Å². The van der Waals surface area contributed by atoms with Crippen molar-refractivity contribution < 1.29 is 21.5 Å². The third-order valence-corrected chi connectivity index (χ3v) is 6.62. The molecule has 1 aromatic rings. The van der Waals surface area contributed by atoms with Crippen LogP contribution in [-0.4, -0.2) is 0 Å². The van der Waals surface area contributed by atoms with E-state index in [2.05, 4.69) is 0 Å². The first-order valence-corrected chi connectivity index (χ1v) is 13.1. The van der Waals surface area contributed by atoms with Crippen molar-refractivity contribution in [2.24, 2.45) is 0 Å². The molecule has 1 aromatic carbocycles. The van der Waals surface area contributed by atoms with Gasteiger partial charge in [0.25, 0.3) is 0 Å². The monoisotopic (exact) mass is 600 g/mol. The van der Waals surface area contributed by atoms with E-state index in [1.54, 1.807) is 30.3 Å². The van der Waals surface area contributed by atoms with Gasteiger partial charge in [0.05, 0.1) is 5.56 Å². The Balaban J connectivity index is 0.000000765. The quantitative estimate of drug-likeness (QED) is 0.302. The van der Waals surface area contributed by atoms with Gasteiger partial charge >= 0.3 is 22.7 Å². The minimum absolute atomic E-state index is 0. The van der Waals surface area contributed by atoms with Gasteiger partial charge in [-0.15, -0.1) is 0 Å². The fourth-order valence-electron chi connectivity index (χ4n) is 4.55. The molecule has 0 aromatic heterocycles. The van der Waals surface area contributed by atoms with Gasteiger partial charge in [0.1, 0.15) is 41.2 Å². The van der Waals surface area contributed by atoms with Gasteiger partial charge < -0.3 is 4.42 Å². The van der Waals surface area contributed by atoms with Crippen LogP contribution in [0.25, 0.3) is 28.0 Å². The van der Waals surface area contributed by atoms with Crippen LogP contribution in [0, 0.1) is 109 Å². The van der Waals surface area contributed by atoms with Crippen LogP contribution in [0.15, 0.2) is 63.3 Å². The van der Waals surface area contributed by atoms with Crippen molar-refractivity contribution >= 4 is 16.7 Å². The molecular weight excluding hydrogens is 576 g/mol.